The standard InChI is InChI=1S/C35H34FN5O2.C34H32FN5O2.2C2H6/c1-20(2)15-27-30(33(37)42)29(31-32(39-27)35(4,40-34(31)43)17-22-7-10-26(36)11-8-22)25-9-12-28-24(16-25)13-14-41(28)19-23-6-5-21(3)38-18-23;1-19(2)14-26-30(33(36)41)29(31-32(38-26)27(39-34(31)42)15-21-6-9-25(35)10-7-21)24-8-11-28-23(16-24)12-13-40(28)18-22-5-4-20(3)37-17-22;2*1-2/h5-14,16,18,20H,15,17,19H2,1-4H3,(H2,37,42)(H,40,43);4-13,16-17,19,27H,14-15,18H2,1-3H3,(H2,36,41)(H,39,42);2*1-2H3. The molecule has 0 saturated carbocycles. The maximum Gasteiger partial charge on any atom is 0.254 e. The summed E-state index contributed by atoms with van der Waals surface area (Å²) < 4.78 is 31.5. The van der Waals surface area contributed by atoms with Gasteiger partial charge in [-0.3, -0.25) is 39.1 Å². The molecule has 12 rings (SSSR count). The highest BCUT2D eigenvalue weighted by molar-refractivity contribution is 6.13. The largest absolute Gasteiger partial charge is 0.366 e. The van der Waals surface area contributed by atoms with E-state index in [-0.39, 0.29) is 46.4 Å². The number of nitrogens with two attached hydrogens (primary N) is 2. The molecule has 0 spiro atoms. The van der Waals surface area contributed by atoms with Crippen molar-refractivity contribution in [1.29, 1.82) is 0 Å². The summed E-state index contributed by atoms with van der Waals surface area (Å²) >= 11 is 0. The van der Waals surface area contributed by atoms with E-state index in [1.807, 2.05) is 134 Å². The van der Waals surface area contributed by atoms with Crippen LogP contribution in [0.1, 0.15) is 166 Å². The average molecular weight is 1200 g/mol. The number of hydrogen-bond acceptors (Lipinski definition) is 8. The van der Waals surface area contributed by atoms with E-state index in [1.54, 1.807) is 24.3 Å². The van der Waals surface area contributed by atoms with Gasteiger partial charge < -0.3 is 31.2 Å². The zero-order chi connectivity index (χ0) is 64.0. The van der Waals surface area contributed by atoms with Gasteiger partial charge in [0.05, 0.1) is 56.6 Å². The number of carbonyl (C=O) groups is 4. The summed E-state index contributed by atoms with van der Waals surface area (Å²) in [4.78, 5) is 72.1. The third kappa shape index (κ3) is 13.7. The van der Waals surface area contributed by atoms with Crippen molar-refractivity contribution in [2.75, 3.05) is 0 Å². The van der Waals surface area contributed by atoms with Crippen LogP contribution in [-0.2, 0) is 44.3 Å². The third-order valence-corrected chi connectivity index (χ3v) is 15.9. The lowest BCUT2D eigenvalue weighted by Crippen LogP contribution is -2.39. The van der Waals surface area contributed by atoms with Crippen molar-refractivity contribution in [2.24, 2.45) is 23.3 Å². The van der Waals surface area contributed by atoms with Crippen molar-refractivity contribution in [2.45, 2.75) is 127 Å². The molecule has 2 unspecified atom stereocenters. The Morgan fingerprint density at radius 2 is 1.02 bits per heavy atom. The van der Waals surface area contributed by atoms with Gasteiger partial charge in [0.15, 0.2) is 0 Å². The van der Waals surface area contributed by atoms with Crippen molar-refractivity contribution in [3.63, 3.8) is 0 Å². The monoisotopic (exact) mass is 1200 g/mol. The molecule has 2 atom stereocenters. The Bertz CT molecular complexity index is 4250. The Kier molecular flexibility index (Phi) is 19.5. The second-order valence-electron chi connectivity index (χ2n) is 23.5. The first-order chi connectivity index (χ1) is 42.7. The summed E-state index contributed by atoms with van der Waals surface area (Å²) in [7, 11) is 0. The van der Waals surface area contributed by atoms with Crippen molar-refractivity contribution in [3.05, 3.63) is 236 Å². The number of rotatable bonds is 16. The molecule has 0 fully saturated rings. The second kappa shape index (κ2) is 27.1. The number of hydrogen-bond donors (Lipinski definition) is 4. The third-order valence-electron chi connectivity index (χ3n) is 15.9. The van der Waals surface area contributed by atoms with Gasteiger partial charge in [-0.15, -0.1) is 0 Å². The summed E-state index contributed by atoms with van der Waals surface area (Å²) in [5.74, 6) is -2.10. The first-order valence-corrected chi connectivity index (χ1v) is 30.6. The Morgan fingerprint density at radius 1 is 0.573 bits per heavy atom. The quantitative estimate of drug-likeness (QED) is 0.0730. The van der Waals surface area contributed by atoms with Gasteiger partial charge in [0, 0.05) is 88.6 Å². The van der Waals surface area contributed by atoms with Gasteiger partial charge in [-0.05, 0) is 158 Å². The molecule has 0 aliphatic carbocycles. The molecule has 4 amide bonds. The summed E-state index contributed by atoms with van der Waals surface area (Å²) in [6, 6.07) is 36.1. The highest BCUT2D eigenvalue weighted by Crippen LogP contribution is 2.43. The average Bonchev–Trinajstić information content (AvgIpc) is 2.13. The molecule has 2 aliphatic rings. The van der Waals surface area contributed by atoms with E-state index in [9.17, 15) is 28.0 Å². The minimum Gasteiger partial charge on any atom is -0.366 e. The molecule has 10 aromatic rings. The summed E-state index contributed by atoms with van der Waals surface area (Å²) in [6.45, 7) is 23.4. The van der Waals surface area contributed by atoms with Crippen LogP contribution in [0.3, 0.4) is 0 Å². The summed E-state index contributed by atoms with van der Waals surface area (Å²) in [5.41, 5.74) is 25.1. The van der Waals surface area contributed by atoms with E-state index >= 15 is 0 Å². The molecular weight excluding hydrogens is 1120 g/mol. The molecule has 0 bridgehead atoms. The maximum atomic E-state index is 13.7. The molecule has 8 heterocycles. The van der Waals surface area contributed by atoms with E-state index < -0.39 is 23.4 Å². The van der Waals surface area contributed by atoms with Crippen LogP contribution < -0.4 is 22.1 Å². The lowest BCUT2D eigenvalue weighted by Gasteiger charge is -2.26. The topological polar surface area (TPSA) is 206 Å². The molecule has 89 heavy (non-hydrogen) atoms. The molecular formula is C73H78F2N10O4. The predicted octanol–water partition coefficient (Wildman–Crippen LogP) is 14.1. The Morgan fingerprint density at radius 3 is 1.47 bits per heavy atom. The van der Waals surface area contributed by atoms with Crippen molar-refractivity contribution < 1.29 is 28.0 Å². The van der Waals surface area contributed by atoms with E-state index in [0.29, 0.717) is 83.8 Å². The maximum absolute atomic E-state index is 13.7. The number of amides is 4. The van der Waals surface area contributed by atoms with E-state index in [1.165, 1.54) is 24.3 Å². The smallest absolute Gasteiger partial charge is 0.254 e. The minimum absolute atomic E-state index is 0.192. The number of primary amides is 2. The normalized spacial score (nSPS) is 14.7. The predicted molar refractivity (Wildman–Crippen MR) is 349 cm³/mol. The first-order valence-electron chi connectivity index (χ1n) is 30.6. The first kappa shape index (κ1) is 63.8. The fraction of sp³-hybridized carbons (Fsp3) is 0.288. The lowest BCUT2D eigenvalue weighted by molar-refractivity contribution is 0.0931. The van der Waals surface area contributed by atoms with Gasteiger partial charge in [0.1, 0.15) is 11.6 Å². The Balaban J connectivity index is 0.000000200. The zero-order valence-electron chi connectivity index (χ0n) is 52.6. The molecule has 0 radical (unpaired) electrons. The highest BCUT2D eigenvalue weighted by atomic mass is 19.1. The van der Waals surface area contributed by atoms with Gasteiger partial charge in [-0.1, -0.05) is 104 Å². The molecule has 14 nitrogen and oxygen atoms in total. The number of fused-ring (bicyclic) bond motifs is 4. The number of nitrogens with zero attached hydrogens (tertiary/aromatic N) is 6. The van der Waals surface area contributed by atoms with Crippen molar-refractivity contribution in [3.8, 4) is 22.3 Å². The number of benzene rings is 4. The number of aromatic nitrogens is 6. The number of carbonyl (C=O) groups excluding carboxylic acids is 4. The second-order valence-corrected chi connectivity index (χ2v) is 23.5. The molecule has 6 aromatic heterocycles. The van der Waals surface area contributed by atoms with Crippen LogP contribution in [0.15, 0.2) is 146 Å². The zero-order valence-corrected chi connectivity index (χ0v) is 52.6. The van der Waals surface area contributed by atoms with Gasteiger partial charge >= 0.3 is 0 Å². The fourth-order valence-electron chi connectivity index (χ4n) is 11.9. The van der Waals surface area contributed by atoms with E-state index in [4.69, 9.17) is 21.4 Å². The number of halogens is 2. The van der Waals surface area contributed by atoms with Crippen LogP contribution in [0.25, 0.3) is 44.1 Å². The van der Waals surface area contributed by atoms with E-state index in [0.717, 1.165) is 66.6 Å². The van der Waals surface area contributed by atoms with Crippen molar-refractivity contribution >= 4 is 45.4 Å². The number of nitrogens with one attached hydrogen (secondary N) is 2. The van der Waals surface area contributed by atoms with Gasteiger partial charge in [-0.25, -0.2) is 8.78 Å². The molecule has 6 N–H and O–H groups in total. The van der Waals surface area contributed by atoms with E-state index in [2.05, 4.69) is 69.6 Å². The van der Waals surface area contributed by atoms with Crippen LogP contribution in [0, 0.1) is 37.3 Å². The number of pyridine rings is 4. The molecule has 16 heteroatoms. The lowest BCUT2D eigenvalue weighted by atomic mass is 9.84. The molecule has 4 aromatic carbocycles. The van der Waals surface area contributed by atoms with Crippen LogP contribution >= 0.6 is 0 Å². The van der Waals surface area contributed by atoms with Gasteiger partial charge in [0.2, 0.25) is 0 Å². The van der Waals surface area contributed by atoms with Gasteiger partial charge in [0.25, 0.3) is 23.6 Å². The molecule has 2 aliphatic heterocycles. The van der Waals surface area contributed by atoms with Crippen LogP contribution in [0.2, 0.25) is 0 Å². The molecule has 458 valence electrons. The summed E-state index contributed by atoms with van der Waals surface area (Å²) in [6.07, 6.45) is 9.71. The SMILES string of the molecule is CC.CC.Cc1ccc(Cn2ccc3cc(-c4c(C(N)=O)c(CC(C)C)nc5c4C(=O)NC5(C)Cc4ccc(F)cc4)ccc32)cn1.Cc1ccc(Cn2ccc3cc(-c4c(C(N)=O)c(CC(C)C)nc5c4C(=O)NC5Cc4ccc(F)cc4)ccc32)cn1. The van der Waals surface area contributed by atoms with Gasteiger partial charge in [-0.2, -0.15) is 0 Å². The highest BCUT2D eigenvalue weighted by Gasteiger charge is 2.45. The fourth-order valence-corrected chi connectivity index (χ4v) is 11.9. The minimum atomic E-state index is -0.865. The van der Waals surface area contributed by atoms with Crippen LogP contribution in [0.4, 0.5) is 8.78 Å². The Hall–Kier alpha value is -9.70. The van der Waals surface area contributed by atoms with Crippen molar-refractivity contribution in [1.82, 2.24) is 39.7 Å². The van der Waals surface area contributed by atoms with Crippen LogP contribution in [0.5, 0.6) is 0 Å². The number of aryl methyl sites for hydroxylation is 2. The Labute approximate surface area is 519 Å². The summed E-state index contributed by atoms with van der Waals surface area (Å²) in [5, 5.41) is 8.13. The molecule has 0 saturated heterocycles. The van der Waals surface area contributed by atoms with Crippen LogP contribution in [-0.4, -0.2) is 52.7 Å².